The van der Waals surface area contributed by atoms with Crippen LogP contribution in [0.2, 0.25) is 0 Å². The van der Waals surface area contributed by atoms with Crippen LogP contribution >= 0.6 is 120 Å². The molecule has 32 heavy (non-hydrogen) atoms. The van der Waals surface area contributed by atoms with Gasteiger partial charge in [-0.3, -0.25) is 0 Å². The number of carbonyl (C=O) groups is 2. The second-order valence-electron chi connectivity index (χ2n) is 8.87. The number of aliphatic hydroxyl groups excluding tert-OH is 1. The molecule has 2 saturated heterocycles. The van der Waals surface area contributed by atoms with E-state index in [9.17, 15) is 14.7 Å². The summed E-state index contributed by atoms with van der Waals surface area (Å²) in [5, 5.41) is 9.20. The summed E-state index contributed by atoms with van der Waals surface area (Å²) in [6.45, 7) is 13.8. The summed E-state index contributed by atoms with van der Waals surface area (Å²) in [6, 6.07) is 0. The van der Waals surface area contributed by atoms with Crippen LogP contribution in [0.3, 0.4) is 0 Å². The van der Waals surface area contributed by atoms with E-state index in [0.717, 1.165) is 19.5 Å². The molecule has 2 amide bonds. The number of hydrogen-bond donors (Lipinski definition) is 1. The summed E-state index contributed by atoms with van der Waals surface area (Å²) in [6.07, 6.45) is 0.849. The number of alkyl halides is 1. The molecular weight excluding hydrogens is 1140 g/mol. The second kappa shape index (κ2) is 19.5. The van der Waals surface area contributed by atoms with Crippen LogP contribution in [0.1, 0.15) is 54.4 Å². The number of hydrogen-bond acceptors (Lipinski definition) is 5. The number of aliphatic hydroxyl groups is 1. The van der Waals surface area contributed by atoms with Crippen molar-refractivity contribution >= 4 is 132 Å². The Morgan fingerprint density at radius 2 is 1.19 bits per heavy atom. The first-order valence-corrected chi connectivity index (χ1v) is 30.7. The molecule has 0 aromatic heterocycles. The molecule has 192 valence electrons. The topological polar surface area (TPSA) is 79.3 Å². The number of likely N-dealkylation sites (tertiary alicyclic amines) is 2. The maximum atomic E-state index is 11.5. The monoisotopic (exact) mass is 1170 g/mol. The van der Waals surface area contributed by atoms with Crippen molar-refractivity contribution in [1.29, 1.82) is 0 Å². The van der Waals surface area contributed by atoms with Crippen LogP contribution in [0.4, 0.5) is 9.59 Å². The van der Waals surface area contributed by atoms with Crippen molar-refractivity contribution in [1.82, 2.24) is 9.80 Å². The summed E-state index contributed by atoms with van der Waals surface area (Å²) < 4.78 is 11.0. The molecule has 0 bridgehead atoms. The van der Waals surface area contributed by atoms with Crippen LogP contribution in [0.15, 0.2) is 0 Å². The van der Waals surface area contributed by atoms with Crippen molar-refractivity contribution < 1.29 is 29.1 Å². The summed E-state index contributed by atoms with van der Waals surface area (Å²) in [5.41, 5.74) is -0.828. The number of ether oxygens (including phenoxy) is 2. The third-order valence-corrected chi connectivity index (χ3v) is 4.61. The minimum absolute atomic E-state index is 0.174. The minimum atomic E-state index is -0.454. The molecule has 0 aromatic rings. The van der Waals surface area contributed by atoms with E-state index in [0.29, 0.717) is 23.4 Å². The predicted molar refractivity (Wildman–Crippen MR) is 179 cm³/mol. The Bertz CT molecular complexity index is 502. The predicted octanol–water partition coefficient (Wildman–Crippen LogP) is 7.84. The van der Waals surface area contributed by atoms with Crippen LogP contribution in [-0.4, -0.2) is 74.5 Å². The van der Waals surface area contributed by atoms with Gasteiger partial charge < -0.3 is 24.4 Å². The van der Waals surface area contributed by atoms with Crippen molar-refractivity contribution in [2.45, 2.75) is 75.6 Å². The van der Waals surface area contributed by atoms with Gasteiger partial charge in [-0.2, -0.15) is 0 Å². The van der Waals surface area contributed by atoms with Crippen LogP contribution in [0, 0.1) is 0 Å². The van der Waals surface area contributed by atoms with Gasteiger partial charge in [0.15, 0.2) is 0 Å². The van der Waals surface area contributed by atoms with Crippen molar-refractivity contribution in [3.05, 3.63) is 0 Å². The van der Waals surface area contributed by atoms with Gasteiger partial charge in [-0.05, 0) is 54.4 Å². The van der Waals surface area contributed by atoms with Crippen molar-refractivity contribution in [2.75, 3.05) is 26.2 Å². The molecule has 2 aliphatic heterocycles. The summed E-state index contributed by atoms with van der Waals surface area (Å²) >= 11 is 14.0. The average molecular weight is 1170 g/mol. The number of β-amino-alcohol motifs (C(OH)–C–C–N with tert-alkyl or cyclic N) is 1. The average Bonchev–Trinajstić information content (AvgIpc) is 3.22. The standard InChI is InChI=1S/C9H16INO2.C9H17NO3.I2.3HI.V/c1-9(2,3)13-8(12)11-5-4-7(10)6-11;1-9(2,3)13-8(12)10-5-4-7(11)6-10;1-2;;;;/h7H,4-6H2,1-3H3;7,11H,4-6H2,1-3H3;;3*1H;/q;;;;;;+3/p-3. The molecule has 2 atom stereocenters. The van der Waals surface area contributed by atoms with Crippen molar-refractivity contribution in [2.24, 2.45) is 0 Å². The van der Waals surface area contributed by atoms with Crippen LogP contribution in [0.25, 0.3) is 0 Å². The molecule has 14 heteroatoms. The molecule has 0 aromatic carbocycles. The van der Waals surface area contributed by atoms with E-state index >= 15 is 0 Å². The zero-order valence-corrected chi connectivity index (χ0v) is 33.4. The Hall–Kier alpha value is 3.46. The van der Waals surface area contributed by atoms with Gasteiger partial charge >= 0.3 is 77.0 Å². The first kappa shape index (κ1) is 37.6. The van der Waals surface area contributed by atoms with Gasteiger partial charge in [0, 0.05) is 67.3 Å². The van der Waals surface area contributed by atoms with Crippen LogP contribution in [-0.2, 0) is 14.4 Å². The molecule has 2 fully saturated rings. The van der Waals surface area contributed by atoms with Crippen molar-refractivity contribution in [3.8, 4) is 0 Å². The molecule has 0 radical (unpaired) electrons. The van der Waals surface area contributed by atoms with Gasteiger partial charge in [0.2, 0.25) is 0 Å². The Kier molecular flexibility index (Phi) is 22.9. The molecule has 0 aliphatic carbocycles. The fraction of sp³-hybridized carbons (Fsp3) is 0.889. The zero-order chi connectivity index (χ0) is 25.7. The molecule has 0 saturated carbocycles. The van der Waals surface area contributed by atoms with Gasteiger partial charge in [-0.15, -0.1) is 0 Å². The van der Waals surface area contributed by atoms with Gasteiger partial charge in [-0.25, -0.2) is 9.59 Å². The summed E-state index contributed by atoms with van der Waals surface area (Å²) in [7, 11) is 0. The van der Waals surface area contributed by atoms with E-state index in [2.05, 4.69) is 120 Å². The molecule has 2 aliphatic rings. The number of rotatable bonds is 0. The van der Waals surface area contributed by atoms with Gasteiger partial charge in [0.05, 0.1) is 6.10 Å². The number of nitrogens with zero attached hydrogens (tertiary/aromatic N) is 2. The molecule has 0 spiro atoms. The Balaban J connectivity index is 0. The fourth-order valence-electron chi connectivity index (χ4n) is 2.44. The van der Waals surface area contributed by atoms with Gasteiger partial charge in [0.1, 0.15) is 11.2 Å². The molecule has 7 nitrogen and oxygen atoms in total. The first-order valence-electron chi connectivity index (χ1n) is 9.70. The molecule has 2 unspecified atom stereocenters. The summed E-state index contributed by atoms with van der Waals surface area (Å²) in [5.74, 6) is 0. The molecular formula is C18H33I6N2O5V. The van der Waals surface area contributed by atoms with E-state index in [1.807, 2.05) is 41.5 Å². The van der Waals surface area contributed by atoms with E-state index in [1.54, 1.807) is 4.90 Å². The first-order chi connectivity index (χ1) is 14.5. The van der Waals surface area contributed by atoms with E-state index < -0.39 is 5.60 Å². The normalized spacial score (nSPS) is 20.3. The van der Waals surface area contributed by atoms with E-state index in [4.69, 9.17) is 9.47 Å². The number of carbonyl (C=O) groups excluding carboxylic acids is 2. The molecule has 1 N–H and O–H groups in total. The number of halogens is 6. The third kappa shape index (κ3) is 22.6. The van der Waals surface area contributed by atoms with E-state index in [-0.39, 0.29) is 28.8 Å². The Morgan fingerprint density at radius 3 is 1.44 bits per heavy atom. The van der Waals surface area contributed by atoms with Crippen LogP contribution < -0.4 is 0 Å². The van der Waals surface area contributed by atoms with Crippen molar-refractivity contribution in [3.63, 3.8) is 0 Å². The molecule has 2 rings (SSSR count). The zero-order valence-electron chi connectivity index (χ0n) is 19.1. The van der Waals surface area contributed by atoms with Gasteiger partial charge in [-0.1, -0.05) is 22.6 Å². The number of amides is 2. The Morgan fingerprint density at radius 1 is 0.844 bits per heavy atom. The molecule has 2 heterocycles. The summed E-state index contributed by atoms with van der Waals surface area (Å²) in [4.78, 5) is 25.9. The second-order valence-corrected chi connectivity index (χ2v) is 46.0. The Labute approximate surface area is 267 Å². The SMILES string of the molecule is CC(C)(C)OC(=O)N1CCC(I)C1.CC(C)(C)OC(=O)N1CCC(O)C1.II.[I][V]([I])[I]. The maximum absolute atomic E-state index is 11.5. The fourth-order valence-corrected chi connectivity index (χ4v) is 3.20. The third-order valence-electron chi connectivity index (χ3n) is 3.60. The van der Waals surface area contributed by atoms with Crippen LogP contribution in [0.5, 0.6) is 0 Å². The quantitative estimate of drug-likeness (QED) is 0.198. The van der Waals surface area contributed by atoms with Gasteiger partial charge in [0.25, 0.3) is 0 Å². The van der Waals surface area contributed by atoms with E-state index in [1.165, 1.54) is 4.90 Å².